The van der Waals surface area contributed by atoms with Gasteiger partial charge in [0.05, 0.1) is 6.17 Å². The van der Waals surface area contributed by atoms with Gasteiger partial charge >= 0.3 is 0 Å². The number of nitrogens with one attached hydrogen (secondary N) is 1. The molecule has 0 aromatic heterocycles. The molecule has 8 heavy (non-hydrogen) atoms. The summed E-state index contributed by atoms with van der Waals surface area (Å²) < 4.78 is 0. The number of hydrogen-bond donors (Lipinski definition) is 2. The van der Waals surface area contributed by atoms with Gasteiger partial charge in [-0.1, -0.05) is 6.92 Å². The van der Waals surface area contributed by atoms with Crippen molar-refractivity contribution in [1.29, 1.82) is 0 Å². The molecule has 0 saturated heterocycles. The average molecular weight is 116 g/mol. The van der Waals surface area contributed by atoms with Crippen LogP contribution in [-0.4, -0.2) is 12.1 Å². The smallest absolute Gasteiger partial charge is 0.220 e. The van der Waals surface area contributed by atoms with E-state index in [1.165, 1.54) is 0 Å². The van der Waals surface area contributed by atoms with Crippen LogP contribution in [0.25, 0.3) is 0 Å². The lowest BCUT2D eigenvalue weighted by Crippen LogP contribution is -2.38. The van der Waals surface area contributed by atoms with Gasteiger partial charge in [-0.05, 0) is 6.92 Å². The van der Waals surface area contributed by atoms with Gasteiger partial charge in [0, 0.05) is 6.42 Å². The molecule has 0 bridgehead atoms. The molecule has 0 saturated carbocycles. The maximum absolute atomic E-state index is 10.4. The van der Waals surface area contributed by atoms with Crippen molar-refractivity contribution in [2.24, 2.45) is 5.73 Å². The van der Waals surface area contributed by atoms with Gasteiger partial charge in [0.25, 0.3) is 0 Å². The molecule has 0 rings (SSSR count). The SMILES string of the molecule is CCC(=O)NC(C)N. The van der Waals surface area contributed by atoms with Crippen molar-refractivity contribution in [3.05, 3.63) is 0 Å². The van der Waals surface area contributed by atoms with Gasteiger partial charge in [0.1, 0.15) is 0 Å². The molecule has 0 radical (unpaired) electrons. The van der Waals surface area contributed by atoms with Crippen LogP contribution in [0.5, 0.6) is 0 Å². The minimum absolute atomic E-state index is 0.000000000000000444. The van der Waals surface area contributed by atoms with Crippen LogP contribution in [0, 0.1) is 0 Å². The molecule has 3 heteroatoms. The largest absolute Gasteiger partial charge is 0.341 e. The van der Waals surface area contributed by atoms with Crippen LogP contribution in [0.4, 0.5) is 0 Å². The summed E-state index contributed by atoms with van der Waals surface area (Å²) in [6, 6.07) is 0. The standard InChI is InChI=1S/C5H12N2O/c1-3-5(8)7-4(2)6/h4H,3,6H2,1-2H3,(H,7,8). The first kappa shape index (κ1) is 7.43. The van der Waals surface area contributed by atoms with Crippen LogP contribution >= 0.6 is 0 Å². The predicted molar refractivity (Wildman–Crippen MR) is 32.1 cm³/mol. The summed E-state index contributed by atoms with van der Waals surface area (Å²) in [5, 5.41) is 2.53. The monoisotopic (exact) mass is 116 g/mol. The third-order valence-electron chi connectivity index (χ3n) is 0.710. The highest BCUT2D eigenvalue weighted by Gasteiger charge is 1.96. The molecule has 0 heterocycles. The highest BCUT2D eigenvalue weighted by atomic mass is 16.1. The number of nitrogens with two attached hydrogens (primary N) is 1. The van der Waals surface area contributed by atoms with Gasteiger partial charge in [0.2, 0.25) is 5.91 Å². The molecule has 3 nitrogen and oxygen atoms in total. The Morgan fingerprint density at radius 3 is 2.50 bits per heavy atom. The predicted octanol–water partition coefficient (Wildman–Crippen LogP) is -0.183. The highest BCUT2D eigenvalue weighted by Crippen LogP contribution is 1.74. The topological polar surface area (TPSA) is 55.1 Å². The Morgan fingerprint density at radius 2 is 2.38 bits per heavy atom. The minimum Gasteiger partial charge on any atom is -0.341 e. The quantitative estimate of drug-likeness (QED) is 0.491. The van der Waals surface area contributed by atoms with Crippen molar-refractivity contribution in [2.45, 2.75) is 26.4 Å². The number of amides is 1. The molecule has 0 aliphatic heterocycles. The number of carbonyl (C=O) groups excluding carboxylic acids is 1. The first-order chi connectivity index (χ1) is 3.66. The number of hydrogen-bond acceptors (Lipinski definition) is 2. The molecular formula is C5H12N2O. The van der Waals surface area contributed by atoms with Crippen molar-refractivity contribution < 1.29 is 4.79 Å². The normalized spacial score (nSPS) is 12.9. The van der Waals surface area contributed by atoms with Crippen molar-refractivity contribution in [3.63, 3.8) is 0 Å². The van der Waals surface area contributed by atoms with Gasteiger partial charge in [-0.3, -0.25) is 4.79 Å². The molecule has 0 aliphatic carbocycles. The Morgan fingerprint density at radius 1 is 1.88 bits per heavy atom. The zero-order valence-electron chi connectivity index (χ0n) is 5.27. The summed E-state index contributed by atoms with van der Waals surface area (Å²) in [4.78, 5) is 10.4. The van der Waals surface area contributed by atoms with E-state index in [-0.39, 0.29) is 12.1 Å². The van der Waals surface area contributed by atoms with E-state index in [1.54, 1.807) is 13.8 Å². The molecule has 1 unspecified atom stereocenters. The second kappa shape index (κ2) is 3.43. The number of rotatable bonds is 2. The van der Waals surface area contributed by atoms with Crippen LogP contribution in [-0.2, 0) is 4.79 Å². The van der Waals surface area contributed by atoms with E-state index >= 15 is 0 Å². The van der Waals surface area contributed by atoms with Gasteiger partial charge in [0.15, 0.2) is 0 Å². The van der Waals surface area contributed by atoms with Gasteiger partial charge in [-0.25, -0.2) is 0 Å². The summed E-state index contributed by atoms with van der Waals surface area (Å²) >= 11 is 0. The summed E-state index contributed by atoms with van der Waals surface area (Å²) in [6.45, 7) is 3.52. The molecule has 0 spiro atoms. The van der Waals surface area contributed by atoms with E-state index in [0.29, 0.717) is 6.42 Å². The molecule has 3 N–H and O–H groups in total. The fourth-order valence-corrected chi connectivity index (χ4v) is 0.356. The second-order valence-corrected chi connectivity index (χ2v) is 1.71. The lowest BCUT2D eigenvalue weighted by molar-refractivity contribution is -0.121. The van der Waals surface area contributed by atoms with Crippen LogP contribution in [0.3, 0.4) is 0 Å². The Hall–Kier alpha value is -0.570. The maximum Gasteiger partial charge on any atom is 0.220 e. The average Bonchev–Trinajstić information content (AvgIpc) is 1.65. The third-order valence-corrected chi connectivity index (χ3v) is 0.710. The lowest BCUT2D eigenvalue weighted by atomic mass is 10.4. The van der Waals surface area contributed by atoms with Crippen LogP contribution in [0.1, 0.15) is 20.3 Å². The summed E-state index contributed by atoms with van der Waals surface area (Å²) in [5.74, 6) is 0.000000000000000444. The third kappa shape index (κ3) is 3.61. The molecule has 0 aromatic carbocycles. The molecule has 0 aliphatic rings. The van der Waals surface area contributed by atoms with E-state index in [0.717, 1.165) is 0 Å². The highest BCUT2D eigenvalue weighted by molar-refractivity contribution is 5.75. The zero-order valence-corrected chi connectivity index (χ0v) is 5.27. The molecule has 48 valence electrons. The van der Waals surface area contributed by atoms with Gasteiger partial charge < -0.3 is 11.1 Å². The van der Waals surface area contributed by atoms with E-state index in [9.17, 15) is 4.79 Å². The van der Waals surface area contributed by atoms with Gasteiger partial charge in [-0.15, -0.1) is 0 Å². The Balaban J connectivity index is 3.25. The van der Waals surface area contributed by atoms with Crippen LogP contribution < -0.4 is 11.1 Å². The Bertz CT molecular complexity index is 80.5. The summed E-state index contributed by atoms with van der Waals surface area (Å²) in [7, 11) is 0. The van der Waals surface area contributed by atoms with E-state index in [2.05, 4.69) is 5.32 Å². The van der Waals surface area contributed by atoms with Crippen molar-refractivity contribution in [2.75, 3.05) is 0 Å². The molecule has 0 aromatic rings. The molecule has 0 fully saturated rings. The van der Waals surface area contributed by atoms with Crippen LogP contribution in [0.15, 0.2) is 0 Å². The Kier molecular flexibility index (Phi) is 3.19. The fraction of sp³-hybridized carbons (Fsp3) is 0.800. The lowest BCUT2D eigenvalue weighted by Gasteiger charge is -2.04. The first-order valence-electron chi connectivity index (χ1n) is 2.71. The van der Waals surface area contributed by atoms with E-state index in [4.69, 9.17) is 5.73 Å². The zero-order chi connectivity index (χ0) is 6.57. The second-order valence-electron chi connectivity index (χ2n) is 1.71. The minimum atomic E-state index is -0.220. The fourth-order valence-electron chi connectivity index (χ4n) is 0.356. The molecule has 1 amide bonds. The molecular weight excluding hydrogens is 104 g/mol. The number of carbonyl (C=O) groups is 1. The Labute approximate surface area is 49.3 Å². The summed E-state index contributed by atoms with van der Waals surface area (Å²) in [5.41, 5.74) is 5.24. The first-order valence-corrected chi connectivity index (χ1v) is 2.71. The molecule has 1 atom stereocenters. The van der Waals surface area contributed by atoms with E-state index < -0.39 is 0 Å². The van der Waals surface area contributed by atoms with Crippen LogP contribution in [0.2, 0.25) is 0 Å². The van der Waals surface area contributed by atoms with E-state index in [1.807, 2.05) is 0 Å². The van der Waals surface area contributed by atoms with Crippen molar-refractivity contribution >= 4 is 5.91 Å². The van der Waals surface area contributed by atoms with Gasteiger partial charge in [-0.2, -0.15) is 0 Å². The van der Waals surface area contributed by atoms with Crippen molar-refractivity contribution in [3.8, 4) is 0 Å². The maximum atomic E-state index is 10.4. The summed E-state index contributed by atoms with van der Waals surface area (Å²) in [6.07, 6.45) is 0.282. The van der Waals surface area contributed by atoms with Crippen molar-refractivity contribution in [1.82, 2.24) is 5.32 Å².